The molecule has 0 aromatic heterocycles. The zero-order valence-corrected chi connectivity index (χ0v) is 15.1. The van der Waals surface area contributed by atoms with Crippen molar-refractivity contribution in [1.82, 2.24) is 4.90 Å². The van der Waals surface area contributed by atoms with Crippen LogP contribution in [0, 0.1) is 0 Å². The van der Waals surface area contributed by atoms with E-state index in [1.807, 2.05) is 61.5 Å². The summed E-state index contributed by atoms with van der Waals surface area (Å²) in [6.45, 7) is 2.22. The van der Waals surface area contributed by atoms with E-state index in [1.165, 1.54) is 11.8 Å². The number of nitrogens with zero attached hydrogens (tertiary/aromatic N) is 1. The van der Waals surface area contributed by atoms with E-state index in [9.17, 15) is 4.79 Å². The van der Waals surface area contributed by atoms with E-state index in [4.69, 9.17) is 21.7 Å². The molecule has 0 saturated carbocycles. The lowest BCUT2D eigenvalue weighted by Crippen LogP contribution is -2.30. The predicted octanol–water partition coefficient (Wildman–Crippen LogP) is 4.38. The zero-order valence-electron chi connectivity index (χ0n) is 13.5. The van der Waals surface area contributed by atoms with Gasteiger partial charge in [0.05, 0.1) is 10.9 Å². The highest BCUT2D eigenvalue weighted by Gasteiger charge is 2.35. The SMILES string of the molecule is C[C@H](c1ccccc1)N1C(=O)/C(=C/c2ccc3c(c2)OCO3)SC1=S. The van der Waals surface area contributed by atoms with Gasteiger partial charge in [0.1, 0.15) is 4.32 Å². The van der Waals surface area contributed by atoms with Crippen LogP contribution < -0.4 is 9.47 Å². The Labute approximate surface area is 155 Å². The number of ether oxygens (including phenoxy) is 2. The van der Waals surface area contributed by atoms with Crippen LogP contribution in [0.4, 0.5) is 0 Å². The van der Waals surface area contributed by atoms with Gasteiger partial charge in [-0.15, -0.1) is 0 Å². The van der Waals surface area contributed by atoms with Gasteiger partial charge in [0.25, 0.3) is 5.91 Å². The molecule has 2 heterocycles. The fourth-order valence-corrected chi connectivity index (χ4v) is 4.27. The Balaban J connectivity index is 1.61. The van der Waals surface area contributed by atoms with Gasteiger partial charge in [0.2, 0.25) is 6.79 Å². The Morgan fingerprint density at radius 2 is 1.92 bits per heavy atom. The number of amides is 1. The van der Waals surface area contributed by atoms with Gasteiger partial charge < -0.3 is 9.47 Å². The van der Waals surface area contributed by atoms with Crippen LogP contribution in [-0.2, 0) is 4.79 Å². The fraction of sp³-hybridized carbons (Fsp3) is 0.158. The van der Waals surface area contributed by atoms with Crippen LogP contribution in [0.15, 0.2) is 53.4 Å². The highest BCUT2D eigenvalue weighted by Crippen LogP contribution is 2.39. The average Bonchev–Trinajstić information content (AvgIpc) is 3.19. The van der Waals surface area contributed by atoms with Crippen molar-refractivity contribution in [2.24, 2.45) is 0 Å². The van der Waals surface area contributed by atoms with Gasteiger partial charge in [0.15, 0.2) is 11.5 Å². The van der Waals surface area contributed by atoms with Crippen molar-refractivity contribution in [3.05, 3.63) is 64.6 Å². The topological polar surface area (TPSA) is 38.8 Å². The van der Waals surface area contributed by atoms with Gasteiger partial charge in [-0.3, -0.25) is 9.69 Å². The van der Waals surface area contributed by atoms with E-state index in [0.717, 1.165) is 16.9 Å². The van der Waals surface area contributed by atoms with E-state index in [2.05, 4.69) is 0 Å². The van der Waals surface area contributed by atoms with Crippen LogP contribution in [0.25, 0.3) is 6.08 Å². The normalized spacial score (nSPS) is 18.9. The van der Waals surface area contributed by atoms with Crippen LogP contribution in [-0.4, -0.2) is 21.9 Å². The molecule has 6 heteroatoms. The summed E-state index contributed by atoms with van der Waals surface area (Å²) in [5.74, 6) is 1.35. The van der Waals surface area contributed by atoms with Crippen molar-refractivity contribution in [2.75, 3.05) is 6.79 Å². The average molecular weight is 369 g/mol. The number of carbonyl (C=O) groups excluding carboxylic acids is 1. The Kier molecular flexibility index (Phi) is 4.23. The molecule has 0 bridgehead atoms. The molecule has 4 nitrogen and oxygen atoms in total. The number of thioether (sulfide) groups is 1. The molecule has 25 heavy (non-hydrogen) atoms. The number of benzene rings is 2. The number of hydrogen-bond donors (Lipinski definition) is 0. The molecule has 126 valence electrons. The first-order chi connectivity index (χ1) is 12.1. The first-order valence-electron chi connectivity index (χ1n) is 7.85. The second-order valence-electron chi connectivity index (χ2n) is 5.75. The number of fused-ring (bicyclic) bond motifs is 1. The second kappa shape index (κ2) is 6.54. The summed E-state index contributed by atoms with van der Waals surface area (Å²) in [7, 11) is 0. The maximum absolute atomic E-state index is 12.9. The van der Waals surface area contributed by atoms with Crippen LogP contribution in [0.2, 0.25) is 0 Å². The molecule has 2 aliphatic rings. The van der Waals surface area contributed by atoms with E-state index in [0.29, 0.717) is 15.0 Å². The molecule has 0 radical (unpaired) electrons. The first-order valence-corrected chi connectivity index (χ1v) is 9.07. The lowest BCUT2D eigenvalue weighted by molar-refractivity contribution is -0.123. The summed E-state index contributed by atoms with van der Waals surface area (Å²) in [6, 6.07) is 15.4. The van der Waals surface area contributed by atoms with Crippen molar-refractivity contribution in [3.63, 3.8) is 0 Å². The van der Waals surface area contributed by atoms with Gasteiger partial charge in [-0.1, -0.05) is 60.4 Å². The lowest BCUT2D eigenvalue weighted by Gasteiger charge is -2.23. The minimum atomic E-state index is -0.101. The Morgan fingerprint density at radius 3 is 2.72 bits per heavy atom. The summed E-state index contributed by atoms with van der Waals surface area (Å²) in [5.41, 5.74) is 1.94. The molecule has 0 spiro atoms. The van der Waals surface area contributed by atoms with Crippen LogP contribution in [0.3, 0.4) is 0 Å². The van der Waals surface area contributed by atoms with Gasteiger partial charge in [-0.05, 0) is 36.3 Å². The third kappa shape index (κ3) is 3.03. The Morgan fingerprint density at radius 1 is 1.16 bits per heavy atom. The zero-order chi connectivity index (χ0) is 17.4. The van der Waals surface area contributed by atoms with E-state index in [1.54, 1.807) is 4.90 Å². The summed E-state index contributed by atoms with van der Waals surface area (Å²) in [5, 5.41) is 0. The van der Waals surface area contributed by atoms with Crippen molar-refractivity contribution in [2.45, 2.75) is 13.0 Å². The summed E-state index contributed by atoms with van der Waals surface area (Å²) >= 11 is 6.78. The first kappa shape index (κ1) is 16.2. The monoisotopic (exact) mass is 369 g/mol. The summed E-state index contributed by atoms with van der Waals surface area (Å²) in [4.78, 5) is 15.2. The minimum Gasteiger partial charge on any atom is -0.454 e. The molecule has 1 saturated heterocycles. The number of hydrogen-bond acceptors (Lipinski definition) is 5. The van der Waals surface area contributed by atoms with E-state index < -0.39 is 0 Å². The molecular formula is C19H15NO3S2. The third-order valence-corrected chi connectivity index (χ3v) is 5.52. The molecule has 4 rings (SSSR count). The molecule has 0 unspecified atom stereocenters. The molecule has 2 aromatic carbocycles. The largest absolute Gasteiger partial charge is 0.454 e. The Hall–Kier alpha value is -2.31. The third-order valence-electron chi connectivity index (χ3n) is 4.19. The van der Waals surface area contributed by atoms with Gasteiger partial charge >= 0.3 is 0 Å². The molecule has 1 fully saturated rings. The standard InChI is InChI=1S/C19H15NO3S2/c1-12(14-5-3-2-4-6-14)20-18(21)17(25-19(20)24)10-13-7-8-15-16(9-13)23-11-22-15/h2-10,12H,11H2,1H3/b17-10-/t12-/m1/s1. The van der Waals surface area contributed by atoms with Crippen molar-refractivity contribution in [3.8, 4) is 11.5 Å². The molecular weight excluding hydrogens is 354 g/mol. The Bertz CT molecular complexity index is 879. The van der Waals surface area contributed by atoms with Crippen molar-refractivity contribution in [1.29, 1.82) is 0 Å². The van der Waals surface area contributed by atoms with Crippen LogP contribution >= 0.6 is 24.0 Å². The van der Waals surface area contributed by atoms with Crippen molar-refractivity contribution >= 4 is 40.3 Å². The molecule has 1 amide bonds. The molecule has 2 aliphatic heterocycles. The highest BCUT2D eigenvalue weighted by molar-refractivity contribution is 8.26. The van der Waals surface area contributed by atoms with E-state index >= 15 is 0 Å². The number of carbonyl (C=O) groups is 1. The molecule has 0 N–H and O–H groups in total. The van der Waals surface area contributed by atoms with Gasteiger partial charge in [-0.25, -0.2) is 0 Å². The quantitative estimate of drug-likeness (QED) is 0.593. The van der Waals surface area contributed by atoms with Crippen molar-refractivity contribution < 1.29 is 14.3 Å². The van der Waals surface area contributed by atoms with E-state index in [-0.39, 0.29) is 18.7 Å². The van der Waals surface area contributed by atoms with Crippen LogP contribution in [0.5, 0.6) is 11.5 Å². The molecule has 0 aliphatic carbocycles. The van der Waals surface area contributed by atoms with Gasteiger partial charge in [0, 0.05) is 0 Å². The lowest BCUT2D eigenvalue weighted by atomic mass is 10.1. The van der Waals surface area contributed by atoms with Gasteiger partial charge in [-0.2, -0.15) is 0 Å². The highest BCUT2D eigenvalue weighted by atomic mass is 32.2. The maximum atomic E-state index is 12.9. The van der Waals surface area contributed by atoms with Crippen LogP contribution in [0.1, 0.15) is 24.1 Å². The smallest absolute Gasteiger partial charge is 0.266 e. The summed E-state index contributed by atoms with van der Waals surface area (Å²) < 4.78 is 11.3. The maximum Gasteiger partial charge on any atom is 0.266 e. The fourth-order valence-electron chi connectivity index (χ4n) is 2.85. The summed E-state index contributed by atoms with van der Waals surface area (Å²) in [6.07, 6.45) is 1.85. The minimum absolute atomic E-state index is 0.0657. The number of thiocarbonyl (C=S) groups is 1. The molecule has 2 aromatic rings. The number of rotatable bonds is 3. The predicted molar refractivity (Wildman–Crippen MR) is 102 cm³/mol. The second-order valence-corrected chi connectivity index (χ2v) is 7.43. The molecule has 1 atom stereocenters.